The van der Waals surface area contributed by atoms with E-state index in [-0.39, 0.29) is 0 Å². The molecule has 1 unspecified atom stereocenters. The number of H-pyrrole nitrogens is 1. The molecule has 2 N–H and O–H groups in total. The van der Waals surface area contributed by atoms with Crippen molar-refractivity contribution in [3.63, 3.8) is 0 Å². The molecule has 0 aliphatic carbocycles. The molecule has 5 nitrogen and oxygen atoms in total. The molecule has 0 radical (unpaired) electrons. The molecule has 0 aliphatic rings. The van der Waals surface area contributed by atoms with Gasteiger partial charge in [-0.1, -0.05) is 19.1 Å². The van der Waals surface area contributed by atoms with Gasteiger partial charge in [-0.25, -0.2) is 9.97 Å². The summed E-state index contributed by atoms with van der Waals surface area (Å²) in [6.07, 6.45) is 1.97. The van der Waals surface area contributed by atoms with Crippen molar-refractivity contribution < 1.29 is 0 Å². The average molecular weight is 323 g/mol. The molecule has 0 saturated carbocycles. The number of imidazole rings is 1. The second kappa shape index (κ2) is 7.01. The highest BCUT2D eigenvalue weighted by atomic mass is 15.1. The molecule has 1 atom stereocenters. The number of aromatic amines is 1. The van der Waals surface area contributed by atoms with Crippen LogP contribution in [0.15, 0.2) is 36.5 Å². The van der Waals surface area contributed by atoms with E-state index in [0.717, 1.165) is 35.8 Å². The fourth-order valence-electron chi connectivity index (χ4n) is 2.80. The fourth-order valence-corrected chi connectivity index (χ4v) is 2.80. The van der Waals surface area contributed by atoms with E-state index in [4.69, 9.17) is 0 Å². The van der Waals surface area contributed by atoms with Crippen LogP contribution >= 0.6 is 0 Å². The molecule has 1 aromatic carbocycles. The smallest absolute Gasteiger partial charge is 0.127 e. The summed E-state index contributed by atoms with van der Waals surface area (Å²) in [6.45, 7) is 5.97. The fraction of sp³-hybridized carbons (Fsp3) is 0.368. The number of anilines is 1. The standard InChI is InChI=1S/C19H25N5/c1-13(16-6-8-19(21-12-16)24(3)4)10-20-11-15-5-7-17-18(9-15)23-14(2)22-17/h5-9,12-13,20H,10-11H2,1-4H3,(H,22,23). The molecular weight excluding hydrogens is 298 g/mol. The Morgan fingerprint density at radius 2 is 2.04 bits per heavy atom. The number of hydrogen-bond donors (Lipinski definition) is 2. The molecule has 2 heterocycles. The molecule has 3 rings (SSSR count). The summed E-state index contributed by atoms with van der Waals surface area (Å²) in [5.74, 6) is 2.37. The number of pyridine rings is 1. The highest BCUT2D eigenvalue weighted by molar-refractivity contribution is 5.75. The summed E-state index contributed by atoms with van der Waals surface area (Å²) in [4.78, 5) is 14.2. The lowest BCUT2D eigenvalue weighted by Crippen LogP contribution is -2.20. The lowest BCUT2D eigenvalue weighted by Gasteiger charge is -2.15. The normalized spacial score (nSPS) is 12.5. The van der Waals surface area contributed by atoms with Crippen LogP contribution in [0.4, 0.5) is 5.82 Å². The van der Waals surface area contributed by atoms with E-state index in [1.807, 2.05) is 32.1 Å². The first kappa shape index (κ1) is 16.5. The number of hydrogen-bond acceptors (Lipinski definition) is 4. The lowest BCUT2D eigenvalue weighted by atomic mass is 10.0. The third kappa shape index (κ3) is 3.74. The molecule has 0 saturated heterocycles. The second-order valence-corrected chi connectivity index (χ2v) is 6.55. The molecule has 0 spiro atoms. The van der Waals surface area contributed by atoms with Gasteiger partial charge in [0, 0.05) is 33.4 Å². The number of fused-ring (bicyclic) bond motifs is 1. The maximum Gasteiger partial charge on any atom is 0.127 e. The van der Waals surface area contributed by atoms with Crippen LogP contribution in [-0.2, 0) is 6.54 Å². The monoisotopic (exact) mass is 323 g/mol. The quantitative estimate of drug-likeness (QED) is 0.731. The van der Waals surface area contributed by atoms with E-state index < -0.39 is 0 Å². The highest BCUT2D eigenvalue weighted by Gasteiger charge is 2.07. The molecule has 5 heteroatoms. The maximum absolute atomic E-state index is 4.49. The highest BCUT2D eigenvalue weighted by Crippen LogP contribution is 2.17. The molecule has 3 aromatic rings. The van der Waals surface area contributed by atoms with Crippen molar-refractivity contribution in [1.82, 2.24) is 20.3 Å². The van der Waals surface area contributed by atoms with Crippen LogP contribution in [0, 0.1) is 6.92 Å². The van der Waals surface area contributed by atoms with Crippen LogP contribution in [-0.4, -0.2) is 35.6 Å². The Hall–Kier alpha value is -2.40. The molecule has 0 amide bonds. The van der Waals surface area contributed by atoms with Crippen LogP contribution < -0.4 is 10.2 Å². The van der Waals surface area contributed by atoms with Gasteiger partial charge < -0.3 is 15.2 Å². The summed E-state index contributed by atoms with van der Waals surface area (Å²) in [5, 5.41) is 3.54. The largest absolute Gasteiger partial charge is 0.363 e. The third-order valence-corrected chi connectivity index (χ3v) is 4.24. The molecule has 126 valence electrons. The number of aryl methyl sites for hydroxylation is 1. The lowest BCUT2D eigenvalue weighted by molar-refractivity contribution is 0.614. The van der Waals surface area contributed by atoms with Gasteiger partial charge in [0.1, 0.15) is 11.6 Å². The van der Waals surface area contributed by atoms with Crippen LogP contribution in [0.1, 0.15) is 29.8 Å². The molecular formula is C19H25N5. The van der Waals surface area contributed by atoms with Gasteiger partial charge in [-0.3, -0.25) is 0 Å². The SMILES string of the molecule is Cc1nc2ccc(CNCC(C)c3ccc(N(C)C)nc3)cc2[nH]1. The predicted molar refractivity (Wildman–Crippen MR) is 99.5 cm³/mol. The molecule has 0 fully saturated rings. The van der Waals surface area contributed by atoms with Gasteiger partial charge in [0.15, 0.2) is 0 Å². The van der Waals surface area contributed by atoms with Crippen LogP contribution in [0.25, 0.3) is 11.0 Å². The van der Waals surface area contributed by atoms with Crippen molar-refractivity contribution in [1.29, 1.82) is 0 Å². The van der Waals surface area contributed by atoms with E-state index in [1.165, 1.54) is 11.1 Å². The first-order chi connectivity index (χ1) is 11.5. The van der Waals surface area contributed by atoms with Crippen LogP contribution in [0.2, 0.25) is 0 Å². The number of benzene rings is 1. The number of nitrogens with one attached hydrogen (secondary N) is 2. The summed E-state index contributed by atoms with van der Waals surface area (Å²) in [7, 11) is 4.01. The van der Waals surface area contributed by atoms with Gasteiger partial charge in [-0.05, 0) is 42.2 Å². The van der Waals surface area contributed by atoms with E-state index in [1.54, 1.807) is 0 Å². The van der Waals surface area contributed by atoms with Crippen LogP contribution in [0.5, 0.6) is 0 Å². The Balaban J connectivity index is 1.56. The molecule has 0 aliphatic heterocycles. The van der Waals surface area contributed by atoms with Crippen molar-refractivity contribution in [2.45, 2.75) is 26.3 Å². The number of aromatic nitrogens is 3. The average Bonchev–Trinajstić information content (AvgIpc) is 2.94. The van der Waals surface area contributed by atoms with Gasteiger partial charge in [-0.2, -0.15) is 0 Å². The summed E-state index contributed by atoms with van der Waals surface area (Å²) in [5.41, 5.74) is 4.65. The van der Waals surface area contributed by atoms with Crippen molar-refractivity contribution in [2.75, 3.05) is 25.5 Å². The van der Waals surface area contributed by atoms with Crippen molar-refractivity contribution in [3.05, 3.63) is 53.5 Å². The van der Waals surface area contributed by atoms with Gasteiger partial charge in [0.2, 0.25) is 0 Å². The minimum Gasteiger partial charge on any atom is -0.363 e. The van der Waals surface area contributed by atoms with E-state index in [0.29, 0.717) is 5.92 Å². The van der Waals surface area contributed by atoms with E-state index in [2.05, 4.69) is 57.5 Å². The maximum atomic E-state index is 4.49. The summed E-state index contributed by atoms with van der Waals surface area (Å²) in [6, 6.07) is 10.6. The summed E-state index contributed by atoms with van der Waals surface area (Å²) < 4.78 is 0. The first-order valence-corrected chi connectivity index (χ1v) is 8.32. The van der Waals surface area contributed by atoms with Gasteiger partial charge in [0.05, 0.1) is 11.0 Å². The Morgan fingerprint density at radius 1 is 1.21 bits per heavy atom. The van der Waals surface area contributed by atoms with Gasteiger partial charge >= 0.3 is 0 Å². The molecule has 0 bridgehead atoms. The Kier molecular flexibility index (Phi) is 4.81. The zero-order valence-corrected chi connectivity index (χ0v) is 14.8. The predicted octanol–water partition coefficient (Wildman–Crippen LogP) is 3.23. The van der Waals surface area contributed by atoms with E-state index in [9.17, 15) is 0 Å². The van der Waals surface area contributed by atoms with E-state index >= 15 is 0 Å². The Labute approximate surface area is 143 Å². The molecule has 24 heavy (non-hydrogen) atoms. The van der Waals surface area contributed by atoms with Crippen molar-refractivity contribution in [3.8, 4) is 0 Å². The third-order valence-electron chi connectivity index (χ3n) is 4.24. The second-order valence-electron chi connectivity index (χ2n) is 6.55. The Morgan fingerprint density at radius 3 is 2.75 bits per heavy atom. The zero-order chi connectivity index (χ0) is 17.1. The Bertz CT molecular complexity index is 804. The minimum atomic E-state index is 0.423. The number of rotatable bonds is 6. The van der Waals surface area contributed by atoms with Crippen molar-refractivity contribution in [2.24, 2.45) is 0 Å². The first-order valence-electron chi connectivity index (χ1n) is 8.32. The minimum absolute atomic E-state index is 0.423. The zero-order valence-electron chi connectivity index (χ0n) is 14.8. The van der Waals surface area contributed by atoms with Crippen molar-refractivity contribution >= 4 is 16.9 Å². The topological polar surface area (TPSA) is 56.8 Å². The van der Waals surface area contributed by atoms with Gasteiger partial charge in [-0.15, -0.1) is 0 Å². The van der Waals surface area contributed by atoms with Gasteiger partial charge in [0.25, 0.3) is 0 Å². The molecule has 2 aromatic heterocycles. The van der Waals surface area contributed by atoms with Crippen LogP contribution in [0.3, 0.4) is 0 Å². The summed E-state index contributed by atoms with van der Waals surface area (Å²) >= 11 is 0. The number of nitrogens with zero attached hydrogens (tertiary/aromatic N) is 3.